The van der Waals surface area contributed by atoms with Gasteiger partial charge < -0.3 is 5.73 Å². The van der Waals surface area contributed by atoms with E-state index in [9.17, 15) is 0 Å². The number of nitrogens with zero attached hydrogens (tertiary/aromatic N) is 3. The third-order valence-electron chi connectivity index (χ3n) is 3.91. The van der Waals surface area contributed by atoms with Crippen LogP contribution in [0, 0.1) is 0 Å². The van der Waals surface area contributed by atoms with Gasteiger partial charge in [0.1, 0.15) is 0 Å². The lowest BCUT2D eigenvalue weighted by Crippen LogP contribution is -2.46. The van der Waals surface area contributed by atoms with E-state index < -0.39 is 0 Å². The van der Waals surface area contributed by atoms with Crippen molar-refractivity contribution in [3.63, 3.8) is 0 Å². The Morgan fingerprint density at radius 3 is 2.74 bits per heavy atom. The van der Waals surface area contributed by atoms with Gasteiger partial charge >= 0.3 is 0 Å². The zero-order valence-corrected chi connectivity index (χ0v) is 11.1. The van der Waals surface area contributed by atoms with Gasteiger partial charge in [0, 0.05) is 38.1 Å². The lowest BCUT2D eigenvalue weighted by atomic mass is 9.94. The van der Waals surface area contributed by atoms with E-state index in [0.717, 1.165) is 26.1 Å². The van der Waals surface area contributed by atoms with Gasteiger partial charge in [-0.1, -0.05) is 24.3 Å². The molecule has 1 aliphatic rings. The minimum atomic E-state index is 0.450. The SMILES string of the molecule is NCC1Cc2ccccc2CN1CCn1cccn1. The van der Waals surface area contributed by atoms with Crippen LogP contribution in [-0.2, 0) is 19.5 Å². The van der Waals surface area contributed by atoms with E-state index in [0.29, 0.717) is 12.6 Å². The maximum absolute atomic E-state index is 5.94. The van der Waals surface area contributed by atoms with Crippen molar-refractivity contribution in [3.8, 4) is 0 Å². The van der Waals surface area contributed by atoms with Crippen molar-refractivity contribution in [2.24, 2.45) is 5.73 Å². The van der Waals surface area contributed by atoms with Crippen LogP contribution in [0.2, 0.25) is 0 Å². The molecule has 0 fully saturated rings. The Labute approximate surface area is 113 Å². The molecule has 1 aliphatic heterocycles. The second-order valence-corrected chi connectivity index (χ2v) is 5.10. The quantitative estimate of drug-likeness (QED) is 0.896. The summed E-state index contributed by atoms with van der Waals surface area (Å²) in [7, 11) is 0. The molecule has 1 atom stereocenters. The molecule has 100 valence electrons. The monoisotopic (exact) mass is 256 g/mol. The first-order valence-electron chi connectivity index (χ1n) is 6.85. The minimum Gasteiger partial charge on any atom is -0.329 e. The highest BCUT2D eigenvalue weighted by atomic mass is 15.3. The van der Waals surface area contributed by atoms with E-state index in [4.69, 9.17) is 5.73 Å². The highest BCUT2D eigenvalue weighted by molar-refractivity contribution is 5.30. The summed E-state index contributed by atoms with van der Waals surface area (Å²) >= 11 is 0. The van der Waals surface area contributed by atoms with Crippen molar-refractivity contribution in [2.45, 2.75) is 25.6 Å². The summed E-state index contributed by atoms with van der Waals surface area (Å²) in [5, 5.41) is 4.25. The maximum atomic E-state index is 5.94. The Balaban J connectivity index is 1.70. The van der Waals surface area contributed by atoms with Gasteiger partial charge in [0.25, 0.3) is 0 Å². The van der Waals surface area contributed by atoms with Crippen LogP contribution in [0.1, 0.15) is 11.1 Å². The number of rotatable bonds is 4. The topological polar surface area (TPSA) is 47.1 Å². The van der Waals surface area contributed by atoms with Crippen LogP contribution in [-0.4, -0.2) is 33.8 Å². The second kappa shape index (κ2) is 5.55. The summed E-state index contributed by atoms with van der Waals surface area (Å²) in [5.74, 6) is 0. The van der Waals surface area contributed by atoms with E-state index in [2.05, 4.69) is 34.3 Å². The number of nitrogens with two attached hydrogens (primary N) is 1. The Hall–Kier alpha value is -1.65. The summed E-state index contributed by atoms with van der Waals surface area (Å²) < 4.78 is 1.98. The molecule has 4 nitrogen and oxygen atoms in total. The van der Waals surface area contributed by atoms with E-state index in [1.165, 1.54) is 11.1 Å². The van der Waals surface area contributed by atoms with Crippen molar-refractivity contribution >= 4 is 0 Å². The van der Waals surface area contributed by atoms with Crippen molar-refractivity contribution < 1.29 is 0 Å². The Bertz CT molecular complexity index is 521. The molecule has 2 N–H and O–H groups in total. The van der Waals surface area contributed by atoms with E-state index in [1.807, 2.05) is 23.1 Å². The van der Waals surface area contributed by atoms with Gasteiger partial charge in [-0.05, 0) is 23.6 Å². The largest absolute Gasteiger partial charge is 0.329 e. The van der Waals surface area contributed by atoms with Gasteiger partial charge in [0.15, 0.2) is 0 Å². The lowest BCUT2D eigenvalue weighted by molar-refractivity contribution is 0.167. The molecule has 19 heavy (non-hydrogen) atoms. The van der Waals surface area contributed by atoms with E-state index >= 15 is 0 Å². The predicted molar refractivity (Wildman–Crippen MR) is 75.6 cm³/mol. The molecular weight excluding hydrogens is 236 g/mol. The Morgan fingerprint density at radius 2 is 2.00 bits per heavy atom. The molecule has 2 heterocycles. The standard InChI is InChI=1S/C15H20N4/c16-11-15-10-13-4-1-2-5-14(13)12-18(15)8-9-19-7-3-6-17-19/h1-7,15H,8-12,16H2. The highest BCUT2D eigenvalue weighted by Crippen LogP contribution is 2.22. The Kier molecular flexibility index (Phi) is 3.62. The van der Waals surface area contributed by atoms with E-state index in [1.54, 1.807) is 0 Å². The first-order chi connectivity index (χ1) is 9.36. The smallest absolute Gasteiger partial charge is 0.0536 e. The summed E-state index contributed by atoms with van der Waals surface area (Å²) in [6.45, 7) is 3.64. The van der Waals surface area contributed by atoms with Crippen molar-refractivity contribution in [1.82, 2.24) is 14.7 Å². The van der Waals surface area contributed by atoms with Gasteiger partial charge in [-0.2, -0.15) is 5.10 Å². The molecule has 2 aromatic rings. The predicted octanol–water partition coefficient (Wildman–Crippen LogP) is 1.27. The fourth-order valence-electron chi connectivity index (χ4n) is 2.80. The van der Waals surface area contributed by atoms with Crippen LogP contribution < -0.4 is 5.73 Å². The molecule has 4 heteroatoms. The lowest BCUT2D eigenvalue weighted by Gasteiger charge is -2.36. The average Bonchev–Trinajstić information content (AvgIpc) is 2.97. The average molecular weight is 256 g/mol. The minimum absolute atomic E-state index is 0.450. The van der Waals surface area contributed by atoms with Crippen molar-refractivity contribution in [3.05, 3.63) is 53.9 Å². The van der Waals surface area contributed by atoms with Crippen LogP contribution in [0.15, 0.2) is 42.7 Å². The van der Waals surface area contributed by atoms with Gasteiger partial charge in [0.2, 0.25) is 0 Å². The van der Waals surface area contributed by atoms with Crippen LogP contribution in [0.25, 0.3) is 0 Å². The molecule has 1 aromatic heterocycles. The van der Waals surface area contributed by atoms with Crippen LogP contribution in [0.3, 0.4) is 0 Å². The summed E-state index contributed by atoms with van der Waals surface area (Å²) in [6.07, 6.45) is 4.90. The highest BCUT2D eigenvalue weighted by Gasteiger charge is 2.24. The summed E-state index contributed by atoms with van der Waals surface area (Å²) in [4.78, 5) is 2.48. The fourth-order valence-corrected chi connectivity index (χ4v) is 2.80. The summed E-state index contributed by atoms with van der Waals surface area (Å²) in [6, 6.07) is 11.1. The van der Waals surface area contributed by atoms with Crippen molar-refractivity contribution in [1.29, 1.82) is 0 Å². The molecular formula is C15H20N4. The molecule has 0 saturated heterocycles. The molecule has 0 bridgehead atoms. The third kappa shape index (κ3) is 2.69. The van der Waals surface area contributed by atoms with E-state index in [-0.39, 0.29) is 0 Å². The van der Waals surface area contributed by atoms with Crippen LogP contribution in [0.4, 0.5) is 0 Å². The normalized spacial score (nSPS) is 19.3. The fraction of sp³-hybridized carbons (Fsp3) is 0.400. The van der Waals surface area contributed by atoms with Gasteiger partial charge in [0.05, 0.1) is 6.54 Å². The van der Waals surface area contributed by atoms with Gasteiger partial charge in [-0.25, -0.2) is 0 Å². The molecule has 0 radical (unpaired) electrons. The second-order valence-electron chi connectivity index (χ2n) is 5.10. The number of hydrogen-bond donors (Lipinski definition) is 1. The summed E-state index contributed by atoms with van der Waals surface area (Å²) in [5.41, 5.74) is 8.83. The first-order valence-corrected chi connectivity index (χ1v) is 6.85. The number of hydrogen-bond acceptors (Lipinski definition) is 3. The molecule has 0 aliphatic carbocycles. The van der Waals surface area contributed by atoms with Gasteiger partial charge in [-0.3, -0.25) is 9.58 Å². The molecule has 0 amide bonds. The zero-order chi connectivity index (χ0) is 13.1. The number of aromatic nitrogens is 2. The van der Waals surface area contributed by atoms with Gasteiger partial charge in [-0.15, -0.1) is 0 Å². The Morgan fingerprint density at radius 1 is 1.16 bits per heavy atom. The van der Waals surface area contributed by atoms with Crippen molar-refractivity contribution in [2.75, 3.05) is 13.1 Å². The number of benzene rings is 1. The van der Waals surface area contributed by atoms with Crippen LogP contribution >= 0.6 is 0 Å². The molecule has 1 unspecified atom stereocenters. The number of fused-ring (bicyclic) bond motifs is 1. The molecule has 3 rings (SSSR count). The molecule has 0 spiro atoms. The maximum Gasteiger partial charge on any atom is 0.0536 e. The third-order valence-corrected chi connectivity index (χ3v) is 3.91. The van der Waals surface area contributed by atoms with Crippen LogP contribution in [0.5, 0.6) is 0 Å². The molecule has 1 aromatic carbocycles. The zero-order valence-electron chi connectivity index (χ0n) is 11.1. The first kappa shape index (κ1) is 12.4. The molecule has 0 saturated carbocycles.